The van der Waals surface area contributed by atoms with Gasteiger partial charge in [-0.25, -0.2) is 4.39 Å². The lowest BCUT2D eigenvalue weighted by Crippen LogP contribution is -2.14. The Hall–Kier alpha value is -1.44. The van der Waals surface area contributed by atoms with Gasteiger partial charge in [0.1, 0.15) is 11.7 Å². The van der Waals surface area contributed by atoms with Gasteiger partial charge in [-0.2, -0.15) is 5.26 Å². The summed E-state index contributed by atoms with van der Waals surface area (Å²) in [6.45, 7) is 0.208. The number of carbonyl (C=O) groups is 1. The maximum atomic E-state index is 13.7. The lowest BCUT2D eigenvalue weighted by atomic mass is 9.94. The Morgan fingerprint density at radius 2 is 2.35 bits per heavy atom. The van der Waals surface area contributed by atoms with Crippen LogP contribution < -0.4 is 0 Å². The van der Waals surface area contributed by atoms with Crippen molar-refractivity contribution in [2.24, 2.45) is 0 Å². The molecule has 0 spiro atoms. The Labute approximate surface area is 104 Å². The number of rotatable bonds is 5. The molecule has 3 nitrogen and oxygen atoms in total. The van der Waals surface area contributed by atoms with Gasteiger partial charge in [-0.05, 0) is 6.07 Å². The molecule has 0 saturated heterocycles. The van der Waals surface area contributed by atoms with E-state index in [2.05, 4.69) is 0 Å². The first kappa shape index (κ1) is 13.6. The van der Waals surface area contributed by atoms with E-state index in [9.17, 15) is 9.18 Å². The number of nitriles is 1. The first-order chi connectivity index (χ1) is 8.11. The molecule has 90 valence electrons. The third-order valence-corrected chi connectivity index (χ3v) is 2.59. The third-order valence-electron chi connectivity index (χ3n) is 2.30. The van der Waals surface area contributed by atoms with Gasteiger partial charge in [-0.3, -0.25) is 4.79 Å². The van der Waals surface area contributed by atoms with Gasteiger partial charge in [0.15, 0.2) is 5.78 Å². The van der Waals surface area contributed by atoms with Crippen LogP contribution in [0.25, 0.3) is 0 Å². The lowest BCUT2D eigenvalue weighted by Gasteiger charge is -2.10. The van der Waals surface area contributed by atoms with Crippen molar-refractivity contribution < 1.29 is 13.9 Å². The van der Waals surface area contributed by atoms with Crippen LogP contribution in [0.15, 0.2) is 18.2 Å². The number of carbonyl (C=O) groups excluding carboxylic acids is 1. The maximum Gasteiger partial charge on any atom is 0.156 e. The number of Topliss-reactive ketones (excluding diaryl/α,β-unsaturated/α-hetero) is 1. The zero-order chi connectivity index (χ0) is 12.8. The first-order valence-corrected chi connectivity index (χ1v) is 5.34. The van der Waals surface area contributed by atoms with Crippen molar-refractivity contribution in [3.05, 3.63) is 34.6 Å². The Kier molecular flexibility index (Phi) is 5.08. The summed E-state index contributed by atoms with van der Waals surface area (Å²) < 4.78 is 18.4. The lowest BCUT2D eigenvalue weighted by molar-refractivity contribution is -0.120. The Morgan fingerprint density at radius 3 is 2.94 bits per heavy atom. The summed E-state index contributed by atoms with van der Waals surface area (Å²) in [5.41, 5.74) is 0.0149. The molecule has 0 fully saturated rings. The largest absolute Gasteiger partial charge is 0.384 e. The van der Waals surface area contributed by atoms with E-state index in [-0.39, 0.29) is 29.4 Å². The van der Waals surface area contributed by atoms with Crippen molar-refractivity contribution in [2.75, 3.05) is 13.7 Å². The van der Waals surface area contributed by atoms with Crippen molar-refractivity contribution in [1.82, 2.24) is 0 Å². The van der Waals surface area contributed by atoms with Crippen molar-refractivity contribution in [3.63, 3.8) is 0 Å². The topological polar surface area (TPSA) is 50.1 Å². The molecule has 0 aliphatic rings. The number of ketones is 1. The van der Waals surface area contributed by atoms with E-state index >= 15 is 0 Å². The molecule has 0 aliphatic carbocycles. The normalized spacial score (nSPS) is 11.9. The smallest absolute Gasteiger partial charge is 0.156 e. The highest BCUT2D eigenvalue weighted by molar-refractivity contribution is 6.30. The van der Waals surface area contributed by atoms with Crippen LogP contribution in [0, 0.1) is 17.1 Å². The number of hydrogen-bond donors (Lipinski definition) is 0. The monoisotopic (exact) mass is 255 g/mol. The van der Waals surface area contributed by atoms with Gasteiger partial charge in [-0.1, -0.05) is 23.7 Å². The predicted octanol–water partition coefficient (Wildman–Crippen LogP) is 2.69. The van der Waals surface area contributed by atoms with Crippen LogP contribution in [0.4, 0.5) is 4.39 Å². The van der Waals surface area contributed by atoms with E-state index < -0.39 is 11.7 Å². The molecular formula is C12H11ClFNO2. The molecule has 1 rings (SSSR count). The van der Waals surface area contributed by atoms with Crippen molar-refractivity contribution >= 4 is 17.4 Å². The molecule has 1 atom stereocenters. The third kappa shape index (κ3) is 3.26. The fourth-order valence-electron chi connectivity index (χ4n) is 1.41. The standard InChI is InChI=1S/C12H11ClFNO2/c1-17-6-5-11(16)9(7-15)8-3-2-4-10(13)12(8)14/h2-4,9H,5-6H2,1H3. The molecule has 0 saturated carbocycles. The van der Waals surface area contributed by atoms with Gasteiger partial charge in [0, 0.05) is 19.1 Å². The van der Waals surface area contributed by atoms with E-state index in [1.165, 1.54) is 25.3 Å². The molecule has 0 aliphatic heterocycles. The zero-order valence-electron chi connectivity index (χ0n) is 9.24. The molecule has 1 unspecified atom stereocenters. The summed E-state index contributed by atoms with van der Waals surface area (Å²) in [4.78, 5) is 11.7. The van der Waals surface area contributed by atoms with Crippen LogP contribution >= 0.6 is 11.6 Å². The summed E-state index contributed by atoms with van der Waals surface area (Å²) in [5, 5.41) is 8.85. The van der Waals surface area contributed by atoms with E-state index in [1.54, 1.807) is 6.07 Å². The van der Waals surface area contributed by atoms with Gasteiger partial charge in [0.25, 0.3) is 0 Å². The van der Waals surface area contributed by atoms with Crippen LogP contribution in [-0.4, -0.2) is 19.5 Å². The Bertz CT molecular complexity index is 456. The predicted molar refractivity (Wildman–Crippen MR) is 61.3 cm³/mol. The second kappa shape index (κ2) is 6.33. The quantitative estimate of drug-likeness (QED) is 0.813. The SMILES string of the molecule is COCCC(=O)C(C#N)c1cccc(Cl)c1F. The van der Waals surface area contributed by atoms with Crippen LogP contribution in [0.5, 0.6) is 0 Å². The van der Waals surface area contributed by atoms with Gasteiger partial charge in [0.2, 0.25) is 0 Å². The minimum Gasteiger partial charge on any atom is -0.384 e. The average Bonchev–Trinajstić information content (AvgIpc) is 2.32. The molecule has 0 radical (unpaired) electrons. The van der Waals surface area contributed by atoms with Crippen LogP contribution in [0.1, 0.15) is 17.9 Å². The molecule has 0 N–H and O–H groups in total. The van der Waals surface area contributed by atoms with E-state index in [0.29, 0.717) is 0 Å². The van der Waals surface area contributed by atoms with Gasteiger partial charge < -0.3 is 4.74 Å². The van der Waals surface area contributed by atoms with Crippen molar-refractivity contribution in [3.8, 4) is 6.07 Å². The molecule has 0 bridgehead atoms. The van der Waals surface area contributed by atoms with Gasteiger partial charge >= 0.3 is 0 Å². The number of nitrogens with zero attached hydrogens (tertiary/aromatic N) is 1. The van der Waals surface area contributed by atoms with Crippen molar-refractivity contribution in [2.45, 2.75) is 12.3 Å². The maximum absolute atomic E-state index is 13.7. The summed E-state index contributed by atoms with van der Waals surface area (Å²) in [5.74, 6) is -2.23. The number of methoxy groups -OCH3 is 1. The summed E-state index contributed by atoms with van der Waals surface area (Å²) in [6.07, 6.45) is 0.0701. The Morgan fingerprint density at radius 1 is 1.65 bits per heavy atom. The molecule has 1 aromatic carbocycles. The molecule has 0 amide bonds. The zero-order valence-corrected chi connectivity index (χ0v) is 10.00. The molecule has 0 heterocycles. The summed E-state index contributed by atoms with van der Waals surface area (Å²) >= 11 is 5.60. The minimum atomic E-state index is -1.14. The highest BCUT2D eigenvalue weighted by Gasteiger charge is 2.23. The van der Waals surface area contributed by atoms with Crippen LogP contribution in [0.3, 0.4) is 0 Å². The minimum absolute atomic E-state index is 0.0149. The van der Waals surface area contributed by atoms with E-state index in [0.717, 1.165) is 0 Å². The molecular weight excluding hydrogens is 245 g/mol. The first-order valence-electron chi connectivity index (χ1n) is 4.97. The molecule has 17 heavy (non-hydrogen) atoms. The molecule has 5 heteroatoms. The fraction of sp³-hybridized carbons (Fsp3) is 0.333. The Balaban J connectivity index is 2.99. The second-order valence-corrected chi connectivity index (χ2v) is 3.82. The average molecular weight is 256 g/mol. The summed E-state index contributed by atoms with van der Waals surface area (Å²) in [7, 11) is 1.45. The fourth-order valence-corrected chi connectivity index (χ4v) is 1.59. The van der Waals surface area contributed by atoms with Crippen LogP contribution in [0.2, 0.25) is 5.02 Å². The highest BCUT2D eigenvalue weighted by Crippen LogP contribution is 2.25. The van der Waals surface area contributed by atoms with Crippen molar-refractivity contribution in [1.29, 1.82) is 5.26 Å². The number of ether oxygens (including phenoxy) is 1. The number of hydrogen-bond acceptors (Lipinski definition) is 3. The number of halogens is 2. The van der Waals surface area contributed by atoms with Crippen LogP contribution in [-0.2, 0) is 9.53 Å². The van der Waals surface area contributed by atoms with E-state index in [4.69, 9.17) is 21.6 Å². The summed E-state index contributed by atoms with van der Waals surface area (Å²) in [6, 6.07) is 6.06. The van der Waals surface area contributed by atoms with Gasteiger partial charge in [0.05, 0.1) is 17.7 Å². The van der Waals surface area contributed by atoms with E-state index in [1.807, 2.05) is 0 Å². The van der Waals surface area contributed by atoms with Gasteiger partial charge in [-0.15, -0.1) is 0 Å². The molecule has 1 aromatic rings. The molecule has 0 aromatic heterocycles. The second-order valence-electron chi connectivity index (χ2n) is 3.41. The highest BCUT2D eigenvalue weighted by atomic mass is 35.5. The number of benzene rings is 1.